The molecule has 1 N–H and O–H groups in total. The van der Waals surface area contributed by atoms with Crippen molar-refractivity contribution >= 4 is 11.8 Å². The van der Waals surface area contributed by atoms with E-state index >= 15 is 0 Å². The first-order valence-corrected chi connectivity index (χ1v) is 13.0. The van der Waals surface area contributed by atoms with Crippen molar-refractivity contribution in [2.75, 3.05) is 32.8 Å². The first kappa shape index (κ1) is 24.2. The molecule has 2 amide bonds. The Morgan fingerprint density at radius 2 is 1.67 bits per heavy atom. The van der Waals surface area contributed by atoms with Gasteiger partial charge in [-0.3, -0.25) is 14.5 Å². The summed E-state index contributed by atoms with van der Waals surface area (Å²) in [5.74, 6) is 0.791. The first-order valence-electron chi connectivity index (χ1n) is 13.0. The van der Waals surface area contributed by atoms with Crippen LogP contribution < -0.4 is 5.32 Å². The van der Waals surface area contributed by atoms with Gasteiger partial charge in [-0.05, 0) is 51.0 Å². The second kappa shape index (κ2) is 12.0. The second-order valence-corrected chi connectivity index (χ2v) is 10.3. The van der Waals surface area contributed by atoms with Gasteiger partial charge in [0.15, 0.2) is 0 Å². The number of nitrogens with zero attached hydrogens (tertiary/aromatic N) is 2. The molecule has 0 radical (unpaired) electrons. The zero-order valence-electron chi connectivity index (χ0n) is 20.2. The molecular weight excluding hydrogens is 414 g/mol. The zero-order valence-corrected chi connectivity index (χ0v) is 20.2. The molecule has 4 rings (SSSR count). The second-order valence-electron chi connectivity index (χ2n) is 10.3. The van der Waals surface area contributed by atoms with Gasteiger partial charge in [-0.1, -0.05) is 43.2 Å². The molecule has 0 spiro atoms. The summed E-state index contributed by atoms with van der Waals surface area (Å²) in [6, 6.07) is 10.7. The number of carbonyl (C=O) groups is 2. The Labute approximate surface area is 199 Å². The van der Waals surface area contributed by atoms with Crippen molar-refractivity contribution < 1.29 is 14.3 Å². The lowest BCUT2D eigenvalue weighted by molar-refractivity contribution is -0.140. The third-order valence-electron chi connectivity index (χ3n) is 7.79. The molecule has 1 heterocycles. The Morgan fingerprint density at radius 1 is 1.00 bits per heavy atom. The predicted octanol–water partition coefficient (Wildman–Crippen LogP) is 3.60. The van der Waals surface area contributed by atoms with Crippen LogP contribution in [0.15, 0.2) is 30.3 Å². The summed E-state index contributed by atoms with van der Waals surface area (Å²) in [5, 5.41) is 3.28. The standard InChI is InChI=1S/C27H41N3O3/c1-21(19-29-15-17-33-18-16-29)30(20-22-7-3-2-4-8-22)27(32)24-11-13-25(14-12-24)28-26(31)23-9-5-6-10-23/h2-4,7-8,21,23-25H,5-6,9-20H2,1H3,(H,28,31). The van der Waals surface area contributed by atoms with Crippen molar-refractivity contribution in [1.29, 1.82) is 0 Å². The van der Waals surface area contributed by atoms with Crippen molar-refractivity contribution in [3.63, 3.8) is 0 Å². The molecule has 1 atom stereocenters. The van der Waals surface area contributed by atoms with E-state index in [-0.39, 0.29) is 35.7 Å². The lowest BCUT2D eigenvalue weighted by Gasteiger charge is -2.38. The van der Waals surface area contributed by atoms with E-state index in [1.807, 2.05) is 18.2 Å². The molecule has 2 aliphatic carbocycles. The van der Waals surface area contributed by atoms with Crippen LogP contribution in [0.4, 0.5) is 0 Å². The van der Waals surface area contributed by atoms with Gasteiger partial charge in [0.25, 0.3) is 0 Å². The fourth-order valence-corrected chi connectivity index (χ4v) is 5.71. The number of rotatable bonds is 8. The fraction of sp³-hybridized carbons (Fsp3) is 0.704. The Morgan fingerprint density at radius 3 is 2.33 bits per heavy atom. The largest absolute Gasteiger partial charge is 0.379 e. The fourth-order valence-electron chi connectivity index (χ4n) is 5.71. The van der Waals surface area contributed by atoms with Gasteiger partial charge in [-0.2, -0.15) is 0 Å². The predicted molar refractivity (Wildman–Crippen MR) is 130 cm³/mol. The lowest BCUT2D eigenvalue weighted by Crippen LogP contribution is -2.50. The number of hydrogen-bond acceptors (Lipinski definition) is 4. The SMILES string of the molecule is CC(CN1CCOCC1)N(Cc1ccccc1)C(=O)C1CCC(NC(=O)C2CCCC2)CC1. The smallest absolute Gasteiger partial charge is 0.226 e. The Bertz CT molecular complexity index is 751. The summed E-state index contributed by atoms with van der Waals surface area (Å²) in [5.41, 5.74) is 1.18. The van der Waals surface area contributed by atoms with Gasteiger partial charge in [0, 0.05) is 50.1 Å². The Kier molecular flexibility index (Phi) is 8.79. The highest BCUT2D eigenvalue weighted by atomic mass is 16.5. The van der Waals surface area contributed by atoms with Gasteiger partial charge in [0.2, 0.25) is 11.8 Å². The molecule has 2 saturated carbocycles. The summed E-state index contributed by atoms with van der Waals surface area (Å²) >= 11 is 0. The maximum atomic E-state index is 13.7. The van der Waals surface area contributed by atoms with Crippen LogP contribution in [0.2, 0.25) is 0 Å². The molecule has 1 aliphatic heterocycles. The third kappa shape index (κ3) is 6.80. The molecule has 3 aliphatic rings. The van der Waals surface area contributed by atoms with Gasteiger partial charge >= 0.3 is 0 Å². The van der Waals surface area contributed by atoms with Crippen LogP contribution in [0.5, 0.6) is 0 Å². The molecule has 1 aromatic rings. The molecule has 1 aromatic carbocycles. The maximum Gasteiger partial charge on any atom is 0.226 e. The van der Waals surface area contributed by atoms with E-state index in [0.29, 0.717) is 6.54 Å². The van der Waals surface area contributed by atoms with Crippen molar-refractivity contribution in [2.24, 2.45) is 11.8 Å². The van der Waals surface area contributed by atoms with Gasteiger partial charge in [0.1, 0.15) is 0 Å². The highest BCUT2D eigenvalue weighted by molar-refractivity contribution is 5.80. The molecule has 3 fully saturated rings. The van der Waals surface area contributed by atoms with Crippen LogP contribution in [0.3, 0.4) is 0 Å². The van der Waals surface area contributed by atoms with E-state index in [0.717, 1.165) is 71.4 Å². The van der Waals surface area contributed by atoms with Gasteiger partial charge in [0.05, 0.1) is 13.2 Å². The van der Waals surface area contributed by atoms with Crippen molar-refractivity contribution in [2.45, 2.75) is 76.9 Å². The summed E-state index contributed by atoms with van der Waals surface area (Å²) < 4.78 is 5.50. The van der Waals surface area contributed by atoms with Gasteiger partial charge < -0.3 is 15.0 Å². The number of carbonyl (C=O) groups excluding carboxylic acids is 2. The third-order valence-corrected chi connectivity index (χ3v) is 7.79. The minimum Gasteiger partial charge on any atom is -0.379 e. The molecule has 1 saturated heterocycles. The van der Waals surface area contributed by atoms with Gasteiger partial charge in [-0.15, -0.1) is 0 Å². The molecule has 33 heavy (non-hydrogen) atoms. The summed E-state index contributed by atoms with van der Waals surface area (Å²) in [6.07, 6.45) is 7.98. The van der Waals surface area contributed by atoms with E-state index in [9.17, 15) is 9.59 Å². The average Bonchev–Trinajstić information content (AvgIpc) is 3.39. The Hall–Kier alpha value is -1.92. The number of nitrogens with one attached hydrogen (secondary N) is 1. The minimum absolute atomic E-state index is 0.0560. The van der Waals surface area contributed by atoms with E-state index < -0.39 is 0 Å². The van der Waals surface area contributed by atoms with Crippen molar-refractivity contribution in [3.8, 4) is 0 Å². The molecule has 0 aromatic heterocycles. The van der Waals surface area contributed by atoms with Crippen LogP contribution in [0.25, 0.3) is 0 Å². The van der Waals surface area contributed by atoms with E-state index in [4.69, 9.17) is 4.74 Å². The maximum absolute atomic E-state index is 13.7. The lowest BCUT2D eigenvalue weighted by atomic mass is 9.84. The number of ether oxygens (including phenoxy) is 1. The summed E-state index contributed by atoms with van der Waals surface area (Å²) in [6.45, 7) is 7.14. The van der Waals surface area contributed by atoms with Crippen LogP contribution in [-0.4, -0.2) is 66.5 Å². The van der Waals surface area contributed by atoms with Crippen molar-refractivity contribution in [3.05, 3.63) is 35.9 Å². The zero-order chi connectivity index (χ0) is 23.0. The molecule has 0 bridgehead atoms. The summed E-state index contributed by atoms with van der Waals surface area (Å²) in [4.78, 5) is 30.8. The molecule has 6 heteroatoms. The van der Waals surface area contributed by atoms with Crippen LogP contribution in [0.1, 0.15) is 63.9 Å². The normalized spacial score (nSPS) is 25.5. The number of morpholine rings is 1. The van der Waals surface area contributed by atoms with Crippen LogP contribution in [-0.2, 0) is 20.9 Å². The molecule has 6 nitrogen and oxygen atoms in total. The molecular formula is C27H41N3O3. The number of benzene rings is 1. The molecule has 182 valence electrons. The van der Waals surface area contributed by atoms with E-state index in [1.54, 1.807) is 0 Å². The monoisotopic (exact) mass is 455 g/mol. The Balaban J connectivity index is 1.34. The first-order chi connectivity index (χ1) is 16.1. The highest BCUT2D eigenvalue weighted by Gasteiger charge is 2.33. The number of hydrogen-bond donors (Lipinski definition) is 1. The number of amides is 2. The van der Waals surface area contributed by atoms with Crippen LogP contribution in [0, 0.1) is 11.8 Å². The highest BCUT2D eigenvalue weighted by Crippen LogP contribution is 2.29. The minimum atomic E-state index is 0.0560. The molecule has 1 unspecified atom stereocenters. The quantitative estimate of drug-likeness (QED) is 0.651. The average molecular weight is 456 g/mol. The van der Waals surface area contributed by atoms with E-state index in [1.165, 1.54) is 18.4 Å². The topological polar surface area (TPSA) is 61.9 Å². The van der Waals surface area contributed by atoms with E-state index in [2.05, 4.69) is 34.2 Å². The van der Waals surface area contributed by atoms with Crippen molar-refractivity contribution in [1.82, 2.24) is 15.1 Å². The van der Waals surface area contributed by atoms with Crippen LogP contribution >= 0.6 is 0 Å². The summed E-state index contributed by atoms with van der Waals surface area (Å²) in [7, 11) is 0. The van der Waals surface area contributed by atoms with Gasteiger partial charge in [-0.25, -0.2) is 0 Å².